The maximum absolute atomic E-state index is 13.6. The second kappa shape index (κ2) is 15.3. The number of morpholine rings is 2. The van der Waals surface area contributed by atoms with E-state index in [9.17, 15) is 4.39 Å². The summed E-state index contributed by atoms with van der Waals surface area (Å²) in [6.07, 6.45) is 16.1. The van der Waals surface area contributed by atoms with Crippen LogP contribution in [-0.4, -0.2) is 57.5 Å². The zero-order valence-electron chi connectivity index (χ0n) is 24.9. The SMILES string of the molecule is C#C.CC(C)=C/C=C(\C)N1CCOCC1.Fc1cccc(C2C=Cc3c(cc(N4CCOCC4)c4ccccc34)O2)c1. The van der Waals surface area contributed by atoms with Crippen LogP contribution in [0.25, 0.3) is 16.8 Å². The summed E-state index contributed by atoms with van der Waals surface area (Å²) in [6.45, 7) is 13.4. The van der Waals surface area contributed by atoms with E-state index in [0.29, 0.717) is 0 Å². The van der Waals surface area contributed by atoms with Gasteiger partial charge >= 0.3 is 0 Å². The Hall–Kier alpha value is -4.05. The van der Waals surface area contributed by atoms with Crippen molar-refractivity contribution < 1.29 is 18.6 Å². The van der Waals surface area contributed by atoms with Crippen LogP contribution in [0.15, 0.2) is 84.1 Å². The first-order valence-electron chi connectivity index (χ1n) is 14.5. The Kier molecular flexibility index (Phi) is 11.2. The van der Waals surface area contributed by atoms with Crippen LogP contribution in [0, 0.1) is 18.7 Å². The highest BCUT2D eigenvalue weighted by Gasteiger charge is 2.23. The van der Waals surface area contributed by atoms with E-state index in [1.165, 1.54) is 39.9 Å². The normalized spacial score (nSPS) is 18.0. The van der Waals surface area contributed by atoms with Crippen molar-refractivity contribution in [1.82, 2.24) is 4.90 Å². The second-order valence-electron chi connectivity index (χ2n) is 10.6. The van der Waals surface area contributed by atoms with Crippen molar-refractivity contribution in [3.8, 4) is 18.6 Å². The van der Waals surface area contributed by atoms with Crippen LogP contribution in [0.2, 0.25) is 0 Å². The lowest BCUT2D eigenvalue weighted by Gasteiger charge is -2.32. The highest BCUT2D eigenvalue weighted by molar-refractivity contribution is 6.02. The summed E-state index contributed by atoms with van der Waals surface area (Å²) in [7, 11) is 0. The standard InChI is InChI=1S/C23H20FNO2.C11H19NO.C2H2/c24-17-5-3-4-16(14-17)22-9-8-20-18-6-1-2-7-19(18)21(15-23(20)27-22)25-10-12-26-13-11-25;1-10(2)4-5-11(3)12-6-8-13-9-7-12;1-2/h1-9,14-15,22H,10-13H2;4-5H,6-9H2,1-3H3;1-2H/b;11-5+;. The van der Waals surface area contributed by atoms with Gasteiger partial charge in [0.1, 0.15) is 17.7 Å². The number of benzene rings is 3. The molecule has 3 heterocycles. The van der Waals surface area contributed by atoms with Gasteiger partial charge in [0.2, 0.25) is 0 Å². The largest absolute Gasteiger partial charge is 0.481 e. The van der Waals surface area contributed by atoms with Crippen LogP contribution in [0.5, 0.6) is 5.75 Å². The molecule has 2 fully saturated rings. The van der Waals surface area contributed by atoms with Gasteiger partial charge in [-0.2, -0.15) is 0 Å². The van der Waals surface area contributed by atoms with E-state index < -0.39 is 0 Å². The second-order valence-corrected chi connectivity index (χ2v) is 10.6. The smallest absolute Gasteiger partial charge is 0.142 e. The number of fused-ring (bicyclic) bond motifs is 3. The third-order valence-corrected chi connectivity index (χ3v) is 7.41. The zero-order valence-corrected chi connectivity index (χ0v) is 24.9. The summed E-state index contributed by atoms with van der Waals surface area (Å²) in [4.78, 5) is 4.72. The molecule has 0 spiro atoms. The molecule has 3 aliphatic rings. The van der Waals surface area contributed by atoms with E-state index in [2.05, 4.69) is 92.0 Å². The topological polar surface area (TPSA) is 34.2 Å². The Balaban J connectivity index is 0.000000229. The van der Waals surface area contributed by atoms with Gasteiger partial charge in [-0.1, -0.05) is 54.1 Å². The molecule has 220 valence electrons. The van der Waals surface area contributed by atoms with Crippen LogP contribution in [-0.2, 0) is 9.47 Å². The Morgan fingerprint density at radius 3 is 2.17 bits per heavy atom. The number of nitrogens with zero attached hydrogens (tertiary/aromatic N) is 2. The van der Waals surface area contributed by atoms with Crippen molar-refractivity contribution in [1.29, 1.82) is 0 Å². The first-order chi connectivity index (χ1) is 20.5. The lowest BCUT2D eigenvalue weighted by molar-refractivity contribution is 0.0537. The Bertz CT molecular complexity index is 1440. The summed E-state index contributed by atoms with van der Waals surface area (Å²) in [6, 6.07) is 17.1. The summed E-state index contributed by atoms with van der Waals surface area (Å²) < 4.78 is 30.7. The number of hydrogen-bond acceptors (Lipinski definition) is 5. The Labute approximate surface area is 249 Å². The fraction of sp³-hybridized carbons (Fsp3) is 0.333. The predicted molar refractivity (Wildman–Crippen MR) is 171 cm³/mol. The molecule has 0 aliphatic carbocycles. The van der Waals surface area contributed by atoms with Gasteiger partial charge in [0.25, 0.3) is 0 Å². The van der Waals surface area contributed by atoms with Crippen LogP contribution >= 0.6 is 0 Å². The molecule has 42 heavy (non-hydrogen) atoms. The summed E-state index contributed by atoms with van der Waals surface area (Å²) in [5, 5.41) is 2.39. The first kappa shape index (κ1) is 30.9. The van der Waals surface area contributed by atoms with Gasteiger partial charge in [0.15, 0.2) is 0 Å². The van der Waals surface area contributed by atoms with E-state index in [4.69, 9.17) is 14.2 Å². The molecule has 6 heteroatoms. The van der Waals surface area contributed by atoms with Gasteiger partial charge < -0.3 is 24.0 Å². The van der Waals surface area contributed by atoms with E-state index in [-0.39, 0.29) is 11.9 Å². The molecule has 0 bridgehead atoms. The number of terminal acetylenes is 1. The maximum atomic E-state index is 13.6. The predicted octanol–water partition coefficient (Wildman–Crippen LogP) is 7.40. The van der Waals surface area contributed by atoms with Crippen LogP contribution in [0.1, 0.15) is 38.0 Å². The number of ether oxygens (including phenoxy) is 3. The Morgan fingerprint density at radius 1 is 0.833 bits per heavy atom. The minimum absolute atomic E-state index is 0.247. The molecule has 0 saturated carbocycles. The molecule has 3 aromatic carbocycles. The van der Waals surface area contributed by atoms with Crippen LogP contribution in [0.3, 0.4) is 0 Å². The number of anilines is 1. The molecular formula is C36H41FN2O3. The molecule has 0 N–H and O–H groups in total. The van der Waals surface area contributed by atoms with Gasteiger partial charge in [-0.25, -0.2) is 4.39 Å². The maximum Gasteiger partial charge on any atom is 0.142 e. The molecular weight excluding hydrogens is 527 g/mol. The first-order valence-corrected chi connectivity index (χ1v) is 14.5. The fourth-order valence-electron chi connectivity index (χ4n) is 5.22. The summed E-state index contributed by atoms with van der Waals surface area (Å²) >= 11 is 0. The average molecular weight is 569 g/mol. The van der Waals surface area contributed by atoms with Crippen molar-refractivity contribution >= 4 is 22.5 Å². The van der Waals surface area contributed by atoms with Crippen LogP contribution in [0.4, 0.5) is 10.1 Å². The van der Waals surface area contributed by atoms with Gasteiger partial charge in [-0.05, 0) is 56.0 Å². The van der Waals surface area contributed by atoms with Crippen molar-refractivity contribution in [3.63, 3.8) is 0 Å². The van der Waals surface area contributed by atoms with E-state index in [1.54, 1.807) is 6.07 Å². The minimum atomic E-state index is -0.285. The zero-order chi connectivity index (χ0) is 29.9. The number of halogens is 1. The molecule has 0 aromatic heterocycles. The van der Waals surface area contributed by atoms with Crippen molar-refractivity contribution in [2.45, 2.75) is 26.9 Å². The molecule has 0 amide bonds. The molecule has 5 nitrogen and oxygen atoms in total. The van der Waals surface area contributed by atoms with Crippen molar-refractivity contribution in [3.05, 3.63) is 101 Å². The third kappa shape index (κ3) is 7.82. The number of rotatable bonds is 4. The molecule has 3 aliphatic heterocycles. The molecule has 6 rings (SSSR count). The van der Waals surface area contributed by atoms with Gasteiger partial charge in [-0.15, -0.1) is 12.8 Å². The lowest BCUT2D eigenvalue weighted by Crippen LogP contribution is -2.36. The minimum Gasteiger partial charge on any atom is -0.481 e. The average Bonchev–Trinajstić information content (AvgIpc) is 3.05. The highest BCUT2D eigenvalue weighted by Crippen LogP contribution is 2.42. The van der Waals surface area contributed by atoms with E-state index in [1.807, 2.05) is 12.1 Å². The Morgan fingerprint density at radius 2 is 1.50 bits per heavy atom. The molecule has 3 aromatic rings. The molecule has 1 atom stereocenters. The molecule has 1 unspecified atom stereocenters. The molecule has 2 saturated heterocycles. The van der Waals surface area contributed by atoms with Gasteiger partial charge in [0, 0.05) is 54.6 Å². The summed E-state index contributed by atoms with van der Waals surface area (Å²) in [5.74, 6) is 0.592. The van der Waals surface area contributed by atoms with E-state index in [0.717, 1.165) is 69.5 Å². The van der Waals surface area contributed by atoms with Crippen molar-refractivity contribution in [2.24, 2.45) is 0 Å². The highest BCUT2D eigenvalue weighted by atomic mass is 19.1. The quantitative estimate of drug-likeness (QED) is 0.242. The monoisotopic (exact) mass is 568 g/mol. The fourth-order valence-corrected chi connectivity index (χ4v) is 5.22. The van der Waals surface area contributed by atoms with Crippen LogP contribution < -0.4 is 9.64 Å². The molecule has 0 radical (unpaired) electrons. The van der Waals surface area contributed by atoms with Crippen molar-refractivity contribution in [2.75, 3.05) is 57.5 Å². The third-order valence-electron chi connectivity index (χ3n) is 7.41. The lowest BCUT2D eigenvalue weighted by atomic mass is 9.97. The summed E-state index contributed by atoms with van der Waals surface area (Å²) in [5.41, 5.74) is 5.74. The van der Waals surface area contributed by atoms with Gasteiger partial charge in [-0.3, -0.25) is 0 Å². The number of hydrogen-bond donors (Lipinski definition) is 0. The number of allylic oxidation sites excluding steroid dienone is 4. The van der Waals surface area contributed by atoms with E-state index >= 15 is 0 Å². The van der Waals surface area contributed by atoms with Gasteiger partial charge in [0.05, 0.1) is 26.4 Å².